The zero-order valence-electron chi connectivity index (χ0n) is 19.1. The van der Waals surface area contributed by atoms with E-state index in [1.807, 2.05) is 66.4 Å². The summed E-state index contributed by atoms with van der Waals surface area (Å²) in [5.41, 5.74) is 6.62. The maximum atomic E-state index is 13.2. The first-order chi connectivity index (χ1) is 15.9. The molecule has 3 aromatic rings. The van der Waals surface area contributed by atoms with Crippen molar-refractivity contribution in [2.45, 2.75) is 32.9 Å². The van der Waals surface area contributed by atoms with E-state index in [0.717, 1.165) is 33.6 Å². The molecule has 0 aliphatic carbocycles. The van der Waals surface area contributed by atoms with E-state index in [-0.39, 0.29) is 23.9 Å². The Bertz CT molecular complexity index is 1250. The van der Waals surface area contributed by atoms with Crippen molar-refractivity contribution in [1.82, 2.24) is 15.2 Å². The molecule has 3 heterocycles. The second-order valence-corrected chi connectivity index (χ2v) is 9.03. The Labute approximate surface area is 193 Å². The maximum Gasteiger partial charge on any atom is 0.256 e. The molecule has 2 aliphatic rings. The lowest BCUT2D eigenvalue weighted by molar-refractivity contribution is -0.110. The van der Waals surface area contributed by atoms with E-state index in [9.17, 15) is 9.59 Å². The number of aromatic amines is 1. The van der Waals surface area contributed by atoms with E-state index >= 15 is 0 Å². The molecule has 0 bridgehead atoms. The van der Waals surface area contributed by atoms with Crippen LogP contribution in [0.15, 0.2) is 54.7 Å². The van der Waals surface area contributed by atoms with Gasteiger partial charge in [-0.2, -0.15) is 0 Å². The summed E-state index contributed by atoms with van der Waals surface area (Å²) in [7, 11) is 0. The number of H-pyrrole nitrogens is 1. The molecule has 1 aromatic heterocycles. The molecule has 2 aliphatic heterocycles. The summed E-state index contributed by atoms with van der Waals surface area (Å²) in [5, 5.41) is 6.45. The number of benzene rings is 2. The van der Waals surface area contributed by atoms with E-state index in [4.69, 9.17) is 0 Å². The van der Waals surface area contributed by atoms with Gasteiger partial charge >= 0.3 is 0 Å². The van der Waals surface area contributed by atoms with Crippen molar-refractivity contribution in [3.63, 3.8) is 0 Å². The van der Waals surface area contributed by atoms with Crippen molar-refractivity contribution in [3.05, 3.63) is 77.1 Å². The molecule has 1 saturated heterocycles. The molecule has 6 nitrogen and oxygen atoms in total. The molecule has 0 spiro atoms. The first kappa shape index (κ1) is 21.2. The van der Waals surface area contributed by atoms with Crippen molar-refractivity contribution in [2.24, 2.45) is 0 Å². The van der Waals surface area contributed by atoms with Gasteiger partial charge in [0.1, 0.15) is 0 Å². The molecule has 33 heavy (non-hydrogen) atoms. The number of anilines is 1. The van der Waals surface area contributed by atoms with Crippen LogP contribution in [0.25, 0.3) is 22.8 Å². The van der Waals surface area contributed by atoms with E-state index in [2.05, 4.69) is 29.5 Å². The molecule has 2 amide bonds. The summed E-state index contributed by atoms with van der Waals surface area (Å²) >= 11 is 0. The highest BCUT2D eigenvalue weighted by molar-refractivity contribution is 6.36. The second-order valence-electron chi connectivity index (χ2n) is 9.03. The minimum Gasteiger partial charge on any atom is -0.361 e. The van der Waals surface area contributed by atoms with E-state index < -0.39 is 0 Å². The highest BCUT2D eigenvalue weighted by Crippen LogP contribution is 2.40. The summed E-state index contributed by atoms with van der Waals surface area (Å²) in [6.07, 6.45) is 3.63. The zero-order valence-corrected chi connectivity index (χ0v) is 19.1. The number of carbonyl (C=O) groups is 2. The summed E-state index contributed by atoms with van der Waals surface area (Å²) < 4.78 is 0. The average molecular weight is 441 g/mol. The quantitative estimate of drug-likeness (QED) is 0.532. The van der Waals surface area contributed by atoms with Gasteiger partial charge in [0, 0.05) is 48.3 Å². The van der Waals surface area contributed by atoms with Gasteiger partial charge in [0.15, 0.2) is 0 Å². The minimum atomic E-state index is -0.139. The average Bonchev–Trinajstić information content (AvgIpc) is 3.32. The second kappa shape index (κ2) is 8.37. The summed E-state index contributed by atoms with van der Waals surface area (Å²) in [6, 6.07) is 16.5. The lowest BCUT2D eigenvalue weighted by atomic mass is 9.94. The number of nitrogens with zero attached hydrogens (tertiary/aromatic N) is 1. The Balaban J connectivity index is 1.52. The van der Waals surface area contributed by atoms with Crippen LogP contribution >= 0.6 is 0 Å². The molecule has 0 radical (unpaired) electrons. The van der Waals surface area contributed by atoms with Crippen LogP contribution in [0, 0.1) is 6.92 Å². The molecule has 2 aromatic carbocycles. The van der Waals surface area contributed by atoms with E-state index in [0.29, 0.717) is 24.2 Å². The number of aromatic nitrogens is 1. The van der Waals surface area contributed by atoms with Gasteiger partial charge in [0.25, 0.3) is 11.8 Å². The molecule has 168 valence electrons. The van der Waals surface area contributed by atoms with E-state index in [1.54, 1.807) is 6.20 Å². The Morgan fingerprint density at radius 3 is 2.48 bits per heavy atom. The summed E-state index contributed by atoms with van der Waals surface area (Å²) in [6.45, 7) is 7.48. The normalized spacial score (nSPS) is 21.2. The number of nitrogens with one attached hydrogen (secondary N) is 3. The van der Waals surface area contributed by atoms with Crippen molar-refractivity contribution in [3.8, 4) is 11.1 Å². The van der Waals surface area contributed by atoms with Crippen molar-refractivity contribution >= 4 is 29.2 Å². The molecule has 2 atom stereocenters. The van der Waals surface area contributed by atoms with Gasteiger partial charge in [-0.15, -0.1) is 0 Å². The number of hydrogen-bond acceptors (Lipinski definition) is 3. The minimum absolute atomic E-state index is 0.0230. The molecule has 5 rings (SSSR count). The van der Waals surface area contributed by atoms with Gasteiger partial charge in [-0.05, 0) is 49.6 Å². The number of carbonyl (C=O) groups excluding carboxylic acids is 2. The van der Waals surface area contributed by atoms with Crippen LogP contribution in [-0.2, 0) is 4.79 Å². The van der Waals surface area contributed by atoms with Crippen LogP contribution in [0.2, 0.25) is 0 Å². The Morgan fingerprint density at radius 1 is 1.03 bits per heavy atom. The monoisotopic (exact) mass is 440 g/mol. The highest BCUT2D eigenvalue weighted by Gasteiger charge is 2.30. The zero-order chi connectivity index (χ0) is 23.1. The Hall–Kier alpha value is -3.64. The molecular formula is C27H28N4O2. The fraction of sp³-hybridized carbons (Fsp3) is 0.259. The highest BCUT2D eigenvalue weighted by atomic mass is 16.2. The molecular weight excluding hydrogens is 412 g/mol. The lowest BCUT2D eigenvalue weighted by Crippen LogP contribution is -2.55. The number of hydrogen-bond donors (Lipinski definition) is 3. The van der Waals surface area contributed by atoms with Gasteiger partial charge in [0.2, 0.25) is 0 Å². The number of amides is 2. The van der Waals surface area contributed by atoms with E-state index in [1.165, 1.54) is 0 Å². The van der Waals surface area contributed by atoms with Crippen LogP contribution in [0.1, 0.15) is 41.0 Å². The number of piperazine rings is 1. The number of fused-ring (bicyclic) bond motifs is 1. The first-order valence-corrected chi connectivity index (χ1v) is 11.4. The van der Waals surface area contributed by atoms with Gasteiger partial charge in [-0.25, -0.2) is 0 Å². The predicted octanol–water partition coefficient (Wildman–Crippen LogP) is 4.31. The van der Waals surface area contributed by atoms with Crippen LogP contribution in [0.4, 0.5) is 5.69 Å². The van der Waals surface area contributed by atoms with Gasteiger partial charge < -0.3 is 20.5 Å². The fourth-order valence-electron chi connectivity index (χ4n) is 4.94. The van der Waals surface area contributed by atoms with Gasteiger partial charge in [-0.1, -0.05) is 42.5 Å². The van der Waals surface area contributed by atoms with Crippen LogP contribution in [0.3, 0.4) is 0 Å². The van der Waals surface area contributed by atoms with Crippen molar-refractivity contribution < 1.29 is 9.59 Å². The predicted molar refractivity (Wildman–Crippen MR) is 132 cm³/mol. The third-order valence-corrected chi connectivity index (χ3v) is 6.46. The molecule has 0 unspecified atom stereocenters. The first-order valence-electron chi connectivity index (χ1n) is 11.4. The largest absolute Gasteiger partial charge is 0.361 e. The molecule has 6 heteroatoms. The molecule has 1 fully saturated rings. The summed E-state index contributed by atoms with van der Waals surface area (Å²) in [5.74, 6) is -0.116. The third kappa shape index (κ3) is 3.87. The van der Waals surface area contributed by atoms with Crippen LogP contribution < -0.4 is 10.6 Å². The SMILES string of the molecule is Cc1c(C(=O)N2C[C@H](C)N[C@@H](C)C2)c[nH]c1C=C1C(=O)Nc2cccc(-c3ccccc3)c21. The topological polar surface area (TPSA) is 77.2 Å². The Morgan fingerprint density at radius 2 is 1.76 bits per heavy atom. The maximum absolute atomic E-state index is 13.2. The smallest absolute Gasteiger partial charge is 0.256 e. The molecule has 0 saturated carbocycles. The Kier molecular flexibility index (Phi) is 5.38. The standard InChI is InChI=1S/C27H28N4O2/c1-16-14-31(15-17(2)29-16)27(33)22-13-28-24(18(22)3)12-21-25-20(19-8-5-4-6-9-19)10-7-11-23(25)30-26(21)32/h4-13,16-17,28-29H,14-15H2,1-3H3,(H,30,32)/t16-,17-/m0/s1. The van der Waals surface area contributed by atoms with Crippen molar-refractivity contribution in [2.75, 3.05) is 18.4 Å². The van der Waals surface area contributed by atoms with Crippen LogP contribution in [0.5, 0.6) is 0 Å². The van der Waals surface area contributed by atoms with Crippen molar-refractivity contribution in [1.29, 1.82) is 0 Å². The van der Waals surface area contributed by atoms with Gasteiger partial charge in [0.05, 0.1) is 11.1 Å². The van der Waals surface area contributed by atoms with Gasteiger partial charge in [-0.3, -0.25) is 9.59 Å². The summed E-state index contributed by atoms with van der Waals surface area (Å²) in [4.78, 5) is 31.3. The fourth-order valence-corrected chi connectivity index (χ4v) is 4.94. The lowest BCUT2D eigenvalue weighted by Gasteiger charge is -2.36. The third-order valence-electron chi connectivity index (χ3n) is 6.46. The van der Waals surface area contributed by atoms with Crippen LogP contribution in [-0.4, -0.2) is 46.9 Å². The number of rotatable bonds is 3. The molecule has 3 N–H and O–H groups in total.